The second kappa shape index (κ2) is 22.1. The zero-order valence-electron chi connectivity index (χ0n) is 23.0. The van der Waals surface area contributed by atoms with Gasteiger partial charge in [0.05, 0.1) is 54.4 Å². The summed E-state index contributed by atoms with van der Waals surface area (Å²) in [6, 6.07) is 0. The Morgan fingerprint density at radius 2 is 0.633 bits per heavy atom. The predicted molar refractivity (Wildman–Crippen MR) is 140 cm³/mol. The highest BCUT2D eigenvalue weighted by Crippen LogP contribution is 2.13. The second-order valence-electron chi connectivity index (χ2n) is 10.9. The van der Waals surface area contributed by atoms with Crippen molar-refractivity contribution in [2.75, 3.05) is 54.4 Å². The molecule has 0 saturated carbocycles. The third kappa shape index (κ3) is 26.0. The molecule has 0 aromatic carbocycles. The maximum atomic E-state index is 2.30. The largest absolute Gasteiger partial charge is 0.331 e. The Hall–Kier alpha value is -0.0800. The van der Waals surface area contributed by atoms with Gasteiger partial charge in [-0.3, -0.25) is 0 Å². The van der Waals surface area contributed by atoms with Gasteiger partial charge >= 0.3 is 0 Å². The van der Waals surface area contributed by atoms with Gasteiger partial charge in [-0.1, -0.05) is 96.8 Å². The van der Waals surface area contributed by atoms with Gasteiger partial charge in [0.25, 0.3) is 0 Å². The normalized spacial score (nSPS) is 12.0. The minimum Gasteiger partial charge on any atom is -0.331 e. The molecule has 0 N–H and O–H groups in total. The number of rotatable bonds is 20. The third-order valence-electron chi connectivity index (χ3n) is 6.97. The average Bonchev–Trinajstić information content (AvgIpc) is 2.72. The molecule has 0 aliphatic heterocycles. The standard InChI is InChI=1S/C21H46N.C7H18N/c1-5-6-7-8-9-10-11-12-13-14-15-16-17-18-19-20-21-22(2,3)4;1-5-8(4,6-2)7-3/h5-21H2,1-4H3;5-7H2,1-4H3/q2*+1. The molecule has 0 aromatic rings. The summed E-state index contributed by atoms with van der Waals surface area (Å²) in [5.74, 6) is 0. The number of unbranched alkanes of at least 4 members (excludes halogenated alkanes) is 15. The molecule has 0 aliphatic carbocycles. The van der Waals surface area contributed by atoms with E-state index in [4.69, 9.17) is 0 Å². The van der Waals surface area contributed by atoms with Crippen LogP contribution in [0.5, 0.6) is 0 Å². The molecule has 0 spiro atoms. The monoisotopic (exact) mass is 429 g/mol. The van der Waals surface area contributed by atoms with Crippen LogP contribution in [0.3, 0.4) is 0 Å². The van der Waals surface area contributed by atoms with Crippen LogP contribution in [0, 0.1) is 0 Å². The van der Waals surface area contributed by atoms with Crippen LogP contribution in [0.25, 0.3) is 0 Å². The lowest BCUT2D eigenvalue weighted by Gasteiger charge is -2.30. The first kappa shape index (κ1) is 32.1. The van der Waals surface area contributed by atoms with E-state index in [9.17, 15) is 0 Å². The molecule has 184 valence electrons. The summed E-state index contributed by atoms with van der Waals surface area (Å²) >= 11 is 0. The van der Waals surface area contributed by atoms with Gasteiger partial charge in [-0.2, -0.15) is 0 Å². The van der Waals surface area contributed by atoms with Gasteiger partial charge in [-0.25, -0.2) is 0 Å². The SMILES string of the molecule is CCCCCCCCCCCCCCCCCC[N+](C)(C)C.CC[N+](C)(CC)CC. The van der Waals surface area contributed by atoms with E-state index in [1.807, 2.05) is 0 Å². The Balaban J connectivity index is 0. The lowest BCUT2D eigenvalue weighted by atomic mass is 10.0. The zero-order valence-corrected chi connectivity index (χ0v) is 23.0. The summed E-state index contributed by atoms with van der Waals surface area (Å²) in [6.07, 6.45) is 23.4. The molecule has 0 amide bonds. The van der Waals surface area contributed by atoms with E-state index in [1.165, 1.54) is 133 Å². The first-order valence-corrected chi connectivity index (χ1v) is 13.9. The second-order valence-corrected chi connectivity index (χ2v) is 10.9. The quantitative estimate of drug-likeness (QED) is 0.135. The van der Waals surface area contributed by atoms with E-state index in [-0.39, 0.29) is 0 Å². The van der Waals surface area contributed by atoms with Crippen LogP contribution in [0.1, 0.15) is 130 Å². The van der Waals surface area contributed by atoms with Gasteiger partial charge in [-0.15, -0.1) is 0 Å². The van der Waals surface area contributed by atoms with Crippen molar-refractivity contribution in [3.05, 3.63) is 0 Å². The van der Waals surface area contributed by atoms with Crippen LogP contribution in [0.2, 0.25) is 0 Å². The lowest BCUT2D eigenvalue weighted by molar-refractivity contribution is -0.904. The highest BCUT2D eigenvalue weighted by atomic mass is 15.3. The smallest absolute Gasteiger partial charge is 0.0780 e. The molecule has 2 heteroatoms. The topological polar surface area (TPSA) is 0 Å². The molecule has 0 rings (SSSR count). The minimum absolute atomic E-state index is 1.12. The van der Waals surface area contributed by atoms with Gasteiger partial charge < -0.3 is 8.97 Å². The van der Waals surface area contributed by atoms with Gasteiger partial charge in [-0.05, 0) is 33.6 Å². The van der Waals surface area contributed by atoms with E-state index in [1.54, 1.807) is 0 Å². The van der Waals surface area contributed by atoms with Crippen molar-refractivity contribution in [1.29, 1.82) is 0 Å². The van der Waals surface area contributed by atoms with E-state index in [0.29, 0.717) is 0 Å². The Morgan fingerprint density at radius 3 is 0.833 bits per heavy atom. The highest BCUT2D eigenvalue weighted by molar-refractivity contribution is 4.50. The number of quaternary nitrogens is 2. The Kier molecular flexibility index (Phi) is 23.7. The maximum absolute atomic E-state index is 2.30. The van der Waals surface area contributed by atoms with E-state index >= 15 is 0 Å². The number of hydrogen-bond donors (Lipinski definition) is 0. The fourth-order valence-corrected chi connectivity index (χ4v) is 3.81. The Morgan fingerprint density at radius 1 is 0.367 bits per heavy atom. The molecule has 0 aliphatic rings. The van der Waals surface area contributed by atoms with Gasteiger partial charge in [0, 0.05) is 0 Å². The first-order chi connectivity index (χ1) is 14.2. The van der Waals surface area contributed by atoms with Crippen molar-refractivity contribution in [2.24, 2.45) is 0 Å². The van der Waals surface area contributed by atoms with Crippen molar-refractivity contribution in [3.63, 3.8) is 0 Å². The predicted octanol–water partition coefficient (Wildman–Crippen LogP) is 8.45. The molecule has 0 bridgehead atoms. The fraction of sp³-hybridized carbons (Fsp3) is 1.00. The van der Waals surface area contributed by atoms with Crippen molar-refractivity contribution >= 4 is 0 Å². The molecule has 2 nitrogen and oxygen atoms in total. The zero-order chi connectivity index (χ0) is 23.1. The van der Waals surface area contributed by atoms with Crippen LogP contribution in [0.15, 0.2) is 0 Å². The first-order valence-electron chi connectivity index (χ1n) is 13.9. The molecule has 0 radical (unpaired) electrons. The average molecular weight is 429 g/mol. The van der Waals surface area contributed by atoms with Crippen molar-refractivity contribution in [2.45, 2.75) is 130 Å². The molecular formula is C28H64N2+2. The van der Waals surface area contributed by atoms with Crippen LogP contribution in [-0.4, -0.2) is 63.3 Å². The fourth-order valence-electron chi connectivity index (χ4n) is 3.81. The Bertz CT molecular complexity index is 307. The van der Waals surface area contributed by atoms with Gasteiger partial charge in [0.15, 0.2) is 0 Å². The summed E-state index contributed by atoms with van der Waals surface area (Å²) in [5.41, 5.74) is 0. The molecule has 0 heterocycles. The third-order valence-corrected chi connectivity index (χ3v) is 6.97. The van der Waals surface area contributed by atoms with Crippen molar-refractivity contribution in [1.82, 2.24) is 0 Å². The Labute approximate surface area is 194 Å². The minimum atomic E-state index is 1.12. The maximum Gasteiger partial charge on any atom is 0.0780 e. The molecule has 0 unspecified atom stereocenters. The van der Waals surface area contributed by atoms with E-state index in [2.05, 4.69) is 55.9 Å². The molecule has 0 atom stereocenters. The molecular weight excluding hydrogens is 364 g/mol. The summed E-state index contributed by atoms with van der Waals surface area (Å²) < 4.78 is 2.33. The highest BCUT2D eigenvalue weighted by Gasteiger charge is 2.10. The van der Waals surface area contributed by atoms with Crippen LogP contribution in [0.4, 0.5) is 0 Å². The molecule has 0 aromatic heterocycles. The van der Waals surface area contributed by atoms with Crippen molar-refractivity contribution in [3.8, 4) is 0 Å². The lowest BCUT2D eigenvalue weighted by Crippen LogP contribution is -2.42. The number of hydrogen-bond acceptors (Lipinski definition) is 0. The summed E-state index contributed by atoms with van der Waals surface area (Å²) in [7, 11) is 9.18. The summed E-state index contributed by atoms with van der Waals surface area (Å²) in [5, 5.41) is 0. The number of nitrogens with zero attached hydrogens (tertiary/aromatic N) is 2. The van der Waals surface area contributed by atoms with Gasteiger partial charge in [0.1, 0.15) is 0 Å². The summed E-state index contributed by atoms with van der Waals surface area (Å²) in [4.78, 5) is 0. The van der Waals surface area contributed by atoms with Crippen LogP contribution >= 0.6 is 0 Å². The van der Waals surface area contributed by atoms with Crippen LogP contribution in [-0.2, 0) is 0 Å². The molecule has 30 heavy (non-hydrogen) atoms. The van der Waals surface area contributed by atoms with E-state index < -0.39 is 0 Å². The van der Waals surface area contributed by atoms with Crippen LogP contribution < -0.4 is 0 Å². The molecule has 0 fully saturated rings. The van der Waals surface area contributed by atoms with Crippen molar-refractivity contribution < 1.29 is 8.97 Å². The summed E-state index contributed by atoms with van der Waals surface area (Å²) in [6.45, 7) is 14.1. The van der Waals surface area contributed by atoms with Gasteiger partial charge in [0.2, 0.25) is 0 Å². The molecule has 0 saturated heterocycles. The van der Waals surface area contributed by atoms with E-state index in [0.717, 1.165) is 4.48 Å².